The van der Waals surface area contributed by atoms with Gasteiger partial charge in [-0.05, 0) is 39.8 Å². The molecule has 3 rings (SSSR count). The lowest BCUT2D eigenvalue weighted by molar-refractivity contribution is 0.247. The number of nitrogens with zero attached hydrogens (tertiary/aromatic N) is 2. The third-order valence-electron chi connectivity index (χ3n) is 3.77. The molecule has 0 aliphatic heterocycles. The molecule has 0 spiro atoms. The van der Waals surface area contributed by atoms with Crippen molar-refractivity contribution in [3.05, 3.63) is 24.3 Å². The van der Waals surface area contributed by atoms with Crippen molar-refractivity contribution in [2.45, 2.75) is 27.7 Å². The minimum absolute atomic E-state index is 0. The van der Waals surface area contributed by atoms with Crippen LogP contribution < -0.4 is 18.9 Å². The molecule has 0 radical (unpaired) electrons. The van der Waals surface area contributed by atoms with E-state index >= 15 is 0 Å². The summed E-state index contributed by atoms with van der Waals surface area (Å²) in [5, 5.41) is 0. The van der Waals surface area contributed by atoms with Gasteiger partial charge in [-0.15, -0.1) is 17.0 Å². The quantitative estimate of drug-likeness (QED) is 0.465. The molecule has 0 aliphatic rings. The maximum Gasteiger partial charge on any atom is 0.210 e. The molecule has 0 bridgehead atoms. The predicted octanol–water partition coefficient (Wildman–Crippen LogP) is 4.96. The Kier molecular flexibility index (Phi) is 7.47. The first-order valence-corrected chi connectivity index (χ1v) is 9.02. The summed E-state index contributed by atoms with van der Waals surface area (Å²) >= 11 is 0. The molecule has 0 amide bonds. The van der Waals surface area contributed by atoms with Gasteiger partial charge in [0.15, 0.2) is 11.5 Å². The highest BCUT2D eigenvalue weighted by Crippen LogP contribution is 2.50. The van der Waals surface area contributed by atoms with Gasteiger partial charge in [0.2, 0.25) is 11.5 Å². The van der Waals surface area contributed by atoms with Gasteiger partial charge in [0.05, 0.1) is 37.5 Å². The molecule has 0 unspecified atom stereocenters. The second kappa shape index (κ2) is 9.60. The third kappa shape index (κ3) is 4.03. The van der Waals surface area contributed by atoms with Crippen molar-refractivity contribution in [2.24, 2.45) is 0 Å². The van der Waals surface area contributed by atoms with Gasteiger partial charge < -0.3 is 18.9 Å². The predicted molar refractivity (Wildman–Crippen MR) is 112 cm³/mol. The van der Waals surface area contributed by atoms with Crippen molar-refractivity contribution >= 4 is 39.0 Å². The maximum absolute atomic E-state index is 5.91. The number of rotatable bonds is 8. The fraction of sp³-hybridized carbons (Fsp3) is 0.400. The van der Waals surface area contributed by atoms with Crippen LogP contribution in [-0.2, 0) is 0 Å². The number of aromatic nitrogens is 2. The Bertz CT molecular complexity index is 844. The molecule has 27 heavy (non-hydrogen) atoms. The summed E-state index contributed by atoms with van der Waals surface area (Å²) in [4.78, 5) is 9.56. The summed E-state index contributed by atoms with van der Waals surface area (Å²) in [7, 11) is 0. The van der Waals surface area contributed by atoms with Crippen LogP contribution in [0.3, 0.4) is 0 Å². The number of para-hydroxylation sites is 2. The Hall–Kier alpha value is -2.28. The molecule has 3 aromatic rings. The van der Waals surface area contributed by atoms with Crippen LogP contribution in [0.5, 0.6) is 23.0 Å². The zero-order valence-electron chi connectivity index (χ0n) is 16.1. The zero-order valence-corrected chi connectivity index (χ0v) is 17.8. The molecule has 0 saturated heterocycles. The summed E-state index contributed by atoms with van der Waals surface area (Å²) in [5.41, 5.74) is 2.80. The van der Waals surface area contributed by atoms with Crippen LogP contribution in [0.4, 0.5) is 0 Å². The van der Waals surface area contributed by atoms with Crippen molar-refractivity contribution in [3.8, 4) is 23.0 Å². The van der Waals surface area contributed by atoms with Crippen LogP contribution in [0, 0.1) is 0 Å². The molecule has 7 heteroatoms. The van der Waals surface area contributed by atoms with Crippen LogP contribution in [0.15, 0.2) is 24.3 Å². The van der Waals surface area contributed by atoms with Gasteiger partial charge in [-0.1, -0.05) is 12.1 Å². The number of hydrogen-bond acceptors (Lipinski definition) is 6. The average Bonchev–Trinajstić information content (AvgIpc) is 2.66. The SMILES string of the molecule is Br.CCOc1c(OCC)c(OCC)c2nc3ccccc3nc2c1OCC. The Labute approximate surface area is 169 Å². The standard InChI is InChI=1S/C20H24N2O4.BrH/c1-5-23-17-15-16(22-14-12-10-9-11-13(14)21-15)18(24-6-2)20(26-8-4)19(17)25-7-3;/h9-12H,5-8H2,1-4H3;1H. The second-order valence-electron chi connectivity index (χ2n) is 5.46. The Morgan fingerprint density at radius 2 is 0.926 bits per heavy atom. The van der Waals surface area contributed by atoms with Gasteiger partial charge in [0.1, 0.15) is 11.0 Å². The molecule has 146 valence electrons. The minimum Gasteiger partial charge on any atom is -0.488 e. The van der Waals surface area contributed by atoms with E-state index in [1.165, 1.54) is 0 Å². The van der Waals surface area contributed by atoms with Gasteiger partial charge in [-0.3, -0.25) is 0 Å². The molecule has 2 aromatic carbocycles. The molecule has 1 aromatic heterocycles. The highest BCUT2D eigenvalue weighted by atomic mass is 79.9. The number of fused-ring (bicyclic) bond motifs is 2. The molecule has 1 heterocycles. The van der Waals surface area contributed by atoms with E-state index in [0.29, 0.717) is 60.5 Å². The number of halogens is 1. The lowest BCUT2D eigenvalue weighted by Gasteiger charge is -2.20. The van der Waals surface area contributed by atoms with Crippen molar-refractivity contribution in [2.75, 3.05) is 26.4 Å². The molecule has 0 saturated carbocycles. The summed E-state index contributed by atoms with van der Waals surface area (Å²) in [6, 6.07) is 7.72. The number of hydrogen-bond donors (Lipinski definition) is 0. The molecule has 6 nitrogen and oxygen atoms in total. The first kappa shape index (κ1) is 21.0. The highest BCUT2D eigenvalue weighted by molar-refractivity contribution is 8.93. The first-order chi connectivity index (χ1) is 12.7. The Morgan fingerprint density at radius 1 is 0.593 bits per heavy atom. The lowest BCUT2D eigenvalue weighted by atomic mass is 10.2. The van der Waals surface area contributed by atoms with E-state index < -0.39 is 0 Å². The van der Waals surface area contributed by atoms with Gasteiger partial charge in [-0.2, -0.15) is 0 Å². The topological polar surface area (TPSA) is 62.7 Å². The molecular formula is C20H25BrN2O4. The molecule has 0 N–H and O–H groups in total. The van der Waals surface area contributed by atoms with Gasteiger partial charge in [0, 0.05) is 0 Å². The fourth-order valence-corrected chi connectivity index (χ4v) is 2.85. The minimum atomic E-state index is 0. The highest BCUT2D eigenvalue weighted by Gasteiger charge is 2.26. The normalized spacial score (nSPS) is 10.5. The summed E-state index contributed by atoms with van der Waals surface area (Å²) < 4.78 is 23.6. The van der Waals surface area contributed by atoms with E-state index in [0.717, 1.165) is 11.0 Å². The van der Waals surface area contributed by atoms with Gasteiger partial charge >= 0.3 is 0 Å². The zero-order chi connectivity index (χ0) is 18.5. The number of benzene rings is 2. The van der Waals surface area contributed by atoms with Crippen LogP contribution in [0.2, 0.25) is 0 Å². The average molecular weight is 437 g/mol. The monoisotopic (exact) mass is 436 g/mol. The van der Waals surface area contributed by atoms with Crippen LogP contribution in [0.1, 0.15) is 27.7 Å². The van der Waals surface area contributed by atoms with Crippen molar-refractivity contribution in [1.29, 1.82) is 0 Å². The summed E-state index contributed by atoms with van der Waals surface area (Å²) in [6.45, 7) is 9.58. The molecular weight excluding hydrogens is 412 g/mol. The first-order valence-electron chi connectivity index (χ1n) is 9.02. The van der Waals surface area contributed by atoms with Crippen molar-refractivity contribution in [1.82, 2.24) is 9.97 Å². The fourth-order valence-electron chi connectivity index (χ4n) is 2.85. The van der Waals surface area contributed by atoms with E-state index in [2.05, 4.69) is 0 Å². The van der Waals surface area contributed by atoms with Crippen LogP contribution in [-0.4, -0.2) is 36.4 Å². The maximum atomic E-state index is 5.91. The lowest BCUT2D eigenvalue weighted by Crippen LogP contribution is -2.07. The van der Waals surface area contributed by atoms with Gasteiger partial charge in [-0.25, -0.2) is 9.97 Å². The van der Waals surface area contributed by atoms with E-state index in [9.17, 15) is 0 Å². The summed E-state index contributed by atoms with van der Waals surface area (Å²) in [6.07, 6.45) is 0. The van der Waals surface area contributed by atoms with E-state index in [1.54, 1.807) is 0 Å². The number of ether oxygens (including phenoxy) is 4. The van der Waals surface area contributed by atoms with E-state index in [4.69, 9.17) is 28.9 Å². The smallest absolute Gasteiger partial charge is 0.210 e. The third-order valence-corrected chi connectivity index (χ3v) is 3.77. The van der Waals surface area contributed by atoms with Crippen LogP contribution >= 0.6 is 17.0 Å². The largest absolute Gasteiger partial charge is 0.488 e. The van der Waals surface area contributed by atoms with E-state index in [-0.39, 0.29) is 17.0 Å². The second-order valence-corrected chi connectivity index (χ2v) is 5.46. The molecule has 0 aliphatic carbocycles. The molecule has 0 fully saturated rings. The molecule has 0 atom stereocenters. The van der Waals surface area contributed by atoms with Crippen molar-refractivity contribution in [3.63, 3.8) is 0 Å². The van der Waals surface area contributed by atoms with Gasteiger partial charge in [0.25, 0.3) is 0 Å². The van der Waals surface area contributed by atoms with Crippen molar-refractivity contribution < 1.29 is 18.9 Å². The van der Waals surface area contributed by atoms with Crippen LogP contribution in [0.25, 0.3) is 22.1 Å². The summed E-state index contributed by atoms with van der Waals surface area (Å²) in [5.74, 6) is 2.09. The Balaban J connectivity index is 0.00000261. The Morgan fingerprint density at radius 3 is 1.26 bits per heavy atom. The van der Waals surface area contributed by atoms with E-state index in [1.807, 2.05) is 52.0 Å².